The number of urea groups is 1. The number of carbonyl (C=O) groups excluding carboxylic acids is 3. The third-order valence-electron chi connectivity index (χ3n) is 7.77. The number of imide groups is 2. The van der Waals surface area contributed by atoms with Crippen LogP contribution in [0, 0.1) is 0 Å². The lowest BCUT2D eigenvalue weighted by molar-refractivity contribution is -0.121. The minimum Gasteiger partial charge on any atom is -0.493 e. The molecule has 0 aromatic heterocycles. The van der Waals surface area contributed by atoms with Gasteiger partial charge < -0.3 is 18.9 Å². The molecule has 0 radical (unpaired) electrons. The van der Waals surface area contributed by atoms with E-state index in [1.807, 2.05) is 55.5 Å². The van der Waals surface area contributed by atoms with E-state index in [2.05, 4.69) is 15.9 Å². The summed E-state index contributed by atoms with van der Waals surface area (Å²) in [5, 5.41) is 0. The lowest BCUT2D eigenvalue weighted by Crippen LogP contribution is -2.57. The molecular formula is C40H33BrN2O7. The molecule has 10 heteroatoms. The van der Waals surface area contributed by atoms with Gasteiger partial charge in [0.05, 0.1) is 29.6 Å². The Labute approximate surface area is 298 Å². The predicted octanol–water partition coefficient (Wildman–Crippen LogP) is 8.60. The van der Waals surface area contributed by atoms with E-state index in [1.54, 1.807) is 72.8 Å². The number of methoxy groups -OCH3 is 1. The van der Waals surface area contributed by atoms with Gasteiger partial charge in [-0.15, -0.1) is 0 Å². The van der Waals surface area contributed by atoms with Crippen molar-refractivity contribution in [3.05, 3.63) is 148 Å². The van der Waals surface area contributed by atoms with Crippen molar-refractivity contribution in [2.45, 2.75) is 20.1 Å². The first-order valence-corrected chi connectivity index (χ1v) is 16.6. The van der Waals surface area contributed by atoms with E-state index in [-0.39, 0.29) is 12.2 Å². The third-order valence-corrected chi connectivity index (χ3v) is 8.36. The number of anilines is 2. The molecule has 0 aliphatic carbocycles. The van der Waals surface area contributed by atoms with Crippen LogP contribution in [0.15, 0.2) is 131 Å². The first kappa shape index (κ1) is 34.0. The fourth-order valence-electron chi connectivity index (χ4n) is 5.39. The van der Waals surface area contributed by atoms with Gasteiger partial charge in [0.1, 0.15) is 18.8 Å². The molecule has 0 saturated carbocycles. The molecule has 0 spiro atoms. The van der Waals surface area contributed by atoms with Gasteiger partial charge in [0.25, 0.3) is 11.8 Å². The SMILES string of the molecule is CCOc1cc(COc2c(Br)cc(C=C3C(=O)N(c4ccccc4)C(=O)N(c4ccccc4)C3=O)cc2OC)ccc1OCc1ccccc1. The summed E-state index contributed by atoms with van der Waals surface area (Å²) in [7, 11) is 1.50. The van der Waals surface area contributed by atoms with Gasteiger partial charge in [-0.05, 0) is 94.2 Å². The molecular weight excluding hydrogens is 700 g/mol. The van der Waals surface area contributed by atoms with Gasteiger partial charge >= 0.3 is 6.03 Å². The average Bonchev–Trinajstić information content (AvgIpc) is 3.14. The fourth-order valence-corrected chi connectivity index (χ4v) is 5.96. The number of benzene rings is 5. The van der Waals surface area contributed by atoms with Crippen LogP contribution in [0.25, 0.3) is 6.08 Å². The van der Waals surface area contributed by atoms with Crippen molar-refractivity contribution in [1.29, 1.82) is 0 Å². The largest absolute Gasteiger partial charge is 0.493 e. The molecule has 1 saturated heterocycles. The van der Waals surface area contributed by atoms with Crippen molar-refractivity contribution in [2.75, 3.05) is 23.5 Å². The van der Waals surface area contributed by atoms with Gasteiger partial charge in [0.15, 0.2) is 23.0 Å². The summed E-state index contributed by atoms with van der Waals surface area (Å²) in [5.74, 6) is 0.536. The van der Waals surface area contributed by atoms with Crippen molar-refractivity contribution in [2.24, 2.45) is 0 Å². The van der Waals surface area contributed by atoms with Crippen LogP contribution in [-0.4, -0.2) is 31.6 Å². The van der Waals surface area contributed by atoms with Crippen molar-refractivity contribution in [3.63, 3.8) is 0 Å². The first-order valence-electron chi connectivity index (χ1n) is 15.9. The second-order valence-electron chi connectivity index (χ2n) is 11.1. The van der Waals surface area contributed by atoms with Crippen LogP contribution >= 0.6 is 15.9 Å². The molecule has 0 atom stereocenters. The van der Waals surface area contributed by atoms with Crippen molar-refractivity contribution in [3.8, 4) is 23.0 Å². The van der Waals surface area contributed by atoms with Gasteiger partial charge in [0.2, 0.25) is 0 Å². The zero-order valence-electron chi connectivity index (χ0n) is 27.4. The molecule has 50 heavy (non-hydrogen) atoms. The number of rotatable bonds is 12. The van der Waals surface area contributed by atoms with E-state index in [4.69, 9.17) is 18.9 Å². The number of hydrogen-bond donors (Lipinski definition) is 0. The van der Waals surface area contributed by atoms with E-state index < -0.39 is 17.8 Å². The van der Waals surface area contributed by atoms with Crippen LogP contribution in [0.1, 0.15) is 23.6 Å². The van der Waals surface area contributed by atoms with E-state index >= 15 is 0 Å². The Morgan fingerprint density at radius 1 is 0.620 bits per heavy atom. The van der Waals surface area contributed by atoms with Crippen molar-refractivity contribution in [1.82, 2.24) is 0 Å². The van der Waals surface area contributed by atoms with E-state index in [9.17, 15) is 14.4 Å². The first-order chi connectivity index (χ1) is 24.4. The van der Waals surface area contributed by atoms with Crippen LogP contribution in [0.3, 0.4) is 0 Å². The van der Waals surface area contributed by atoms with Gasteiger partial charge in [0, 0.05) is 0 Å². The fraction of sp³-hybridized carbons (Fsp3) is 0.125. The summed E-state index contributed by atoms with van der Waals surface area (Å²) in [4.78, 5) is 43.2. The van der Waals surface area contributed by atoms with Gasteiger partial charge in [-0.1, -0.05) is 72.8 Å². The number of hydrogen-bond acceptors (Lipinski definition) is 7. The lowest BCUT2D eigenvalue weighted by Gasteiger charge is -2.34. The normalized spacial score (nSPS) is 12.9. The smallest absolute Gasteiger partial charge is 0.343 e. The molecule has 0 bridgehead atoms. The minimum atomic E-state index is -0.764. The highest BCUT2D eigenvalue weighted by Gasteiger charge is 2.43. The topological polar surface area (TPSA) is 94.6 Å². The summed E-state index contributed by atoms with van der Waals surface area (Å²) in [6.45, 7) is 2.97. The second-order valence-corrected chi connectivity index (χ2v) is 12.0. The number of nitrogens with zero attached hydrogens (tertiary/aromatic N) is 2. The molecule has 0 unspecified atom stereocenters. The molecule has 5 aromatic carbocycles. The van der Waals surface area contributed by atoms with E-state index in [0.29, 0.717) is 57.6 Å². The average molecular weight is 734 g/mol. The molecule has 1 heterocycles. The van der Waals surface area contributed by atoms with Gasteiger partial charge in [-0.25, -0.2) is 14.6 Å². The van der Waals surface area contributed by atoms with Gasteiger partial charge in [-0.2, -0.15) is 0 Å². The van der Waals surface area contributed by atoms with Crippen LogP contribution < -0.4 is 28.7 Å². The second kappa shape index (κ2) is 15.6. The molecule has 1 aliphatic rings. The summed E-state index contributed by atoms with van der Waals surface area (Å²) in [5.41, 5.74) is 2.85. The third kappa shape index (κ3) is 7.40. The number of amides is 4. The van der Waals surface area contributed by atoms with Gasteiger partial charge in [-0.3, -0.25) is 9.59 Å². The number of barbiturate groups is 1. The Kier molecular flexibility index (Phi) is 10.6. The van der Waals surface area contributed by atoms with Crippen LogP contribution in [0.2, 0.25) is 0 Å². The van der Waals surface area contributed by atoms with Crippen molar-refractivity contribution >= 4 is 51.2 Å². The van der Waals surface area contributed by atoms with E-state index in [0.717, 1.165) is 20.9 Å². The predicted molar refractivity (Wildman–Crippen MR) is 195 cm³/mol. The number of para-hydroxylation sites is 2. The molecule has 9 nitrogen and oxygen atoms in total. The maximum atomic E-state index is 13.8. The molecule has 5 aromatic rings. The maximum absolute atomic E-state index is 13.8. The molecule has 0 N–H and O–H groups in total. The maximum Gasteiger partial charge on any atom is 0.343 e. The summed E-state index contributed by atoms with van der Waals surface area (Å²) in [6, 6.07) is 35.1. The Morgan fingerprint density at radius 3 is 1.78 bits per heavy atom. The number of ether oxygens (including phenoxy) is 4. The monoisotopic (exact) mass is 732 g/mol. The quantitative estimate of drug-likeness (QED) is 0.0937. The number of halogens is 1. The number of carbonyl (C=O) groups is 3. The van der Waals surface area contributed by atoms with Crippen LogP contribution in [0.5, 0.6) is 23.0 Å². The molecule has 1 fully saturated rings. The standard InChI is InChI=1S/C40H33BrN2O7/c1-3-48-35-23-28(19-20-34(35)49-25-27-13-7-4-8-14-27)26-50-37-33(41)22-29(24-36(37)47-2)21-32-38(44)42(30-15-9-5-10-16-30)40(46)43(39(32)45)31-17-11-6-12-18-31/h4-24H,3,25-26H2,1-2H3. The zero-order chi connectivity index (χ0) is 35.0. The highest BCUT2D eigenvalue weighted by molar-refractivity contribution is 9.10. The lowest BCUT2D eigenvalue weighted by atomic mass is 10.0. The molecule has 6 rings (SSSR count). The highest BCUT2D eigenvalue weighted by atomic mass is 79.9. The Hall–Kier alpha value is -5.87. The Balaban J connectivity index is 1.26. The summed E-state index contributed by atoms with van der Waals surface area (Å²) < 4.78 is 24.3. The molecule has 1 aliphatic heterocycles. The zero-order valence-corrected chi connectivity index (χ0v) is 29.0. The summed E-state index contributed by atoms with van der Waals surface area (Å²) in [6.07, 6.45) is 1.45. The minimum absolute atomic E-state index is 0.186. The molecule has 4 amide bonds. The Bertz CT molecular complexity index is 1970. The van der Waals surface area contributed by atoms with Crippen molar-refractivity contribution < 1.29 is 33.3 Å². The molecule has 252 valence electrons. The van der Waals surface area contributed by atoms with Crippen LogP contribution in [0.4, 0.5) is 16.2 Å². The Morgan fingerprint density at radius 2 is 1.20 bits per heavy atom. The van der Waals surface area contributed by atoms with E-state index in [1.165, 1.54) is 13.2 Å². The summed E-state index contributed by atoms with van der Waals surface area (Å²) >= 11 is 3.58. The van der Waals surface area contributed by atoms with Crippen LogP contribution in [-0.2, 0) is 22.8 Å². The highest BCUT2D eigenvalue weighted by Crippen LogP contribution is 2.39.